The van der Waals surface area contributed by atoms with Crippen molar-refractivity contribution in [3.63, 3.8) is 0 Å². The van der Waals surface area contributed by atoms with Crippen LogP contribution in [0, 0.1) is 10.1 Å². The number of rotatable bonds is 7. The molecule has 6 nitrogen and oxygen atoms in total. The van der Waals surface area contributed by atoms with Crippen molar-refractivity contribution in [2.45, 2.75) is 44.2 Å². The summed E-state index contributed by atoms with van der Waals surface area (Å²) in [6.45, 7) is 6.51. The summed E-state index contributed by atoms with van der Waals surface area (Å²) < 4.78 is 7.73. The summed E-state index contributed by atoms with van der Waals surface area (Å²) in [5.74, 6) is 0.689. The first-order valence-electron chi connectivity index (χ1n) is 11.4. The van der Waals surface area contributed by atoms with E-state index in [1.54, 1.807) is 12.1 Å². The molecule has 0 saturated heterocycles. The lowest BCUT2D eigenvalue weighted by Gasteiger charge is -2.47. The number of benzene rings is 2. The van der Waals surface area contributed by atoms with Crippen LogP contribution in [0.15, 0.2) is 48.5 Å². The van der Waals surface area contributed by atoms with Crippen LogP contribution in [0.25, 0.3) is 6.08 Å². The molecule has 0 aromatic heterocycles. The maximum Gasteiger partial charge on any atom is 0.270 e. The molecular formula is C26H34N3O3+. The molecule has 32 heavy (non-hydrogen) atoms. The fraction of sp³-hybridized carbons (Fsp3) is 0.462. The van der Waals surface area contributed by atoms with Crippen molar-refractivity contribution >= 4 is 17.5 Å². The number of anilines is 1. The predicted octanol–water partition coefficient (Wildman–Crippen LogP) is 5.37. The summed E-state index contributed by atoms with van der Waals surface area (Å²) in [5, 5.41) is 11.2. The van der Waals surface area contributed by atoms with Crippen molar-refractivity contribution in [2.75, 3.05) is 39.1 Å². The average Bonchev–Trinajstić information content (AvgIpc) is 2.91. The van der Waals surface area contributed by atoms with Crippen molar-refractivity contribution in [3.05, 3.63) is 69.8 Å². The van der Waals surface area contributed by atoms with Gasteiger partial charge in [-0.2, -0.15) is 0 Å². The summed E-state index contributed by atoms with van der Waals surface area (Å²) in [6.07, 6.45) is 7.53. The Morgan fingerprint density at radius 1 is 1.06 bits per heavy atom. The van der Waals surface area contributed by atoms with Gasteiger partial charge in [-0.1, -0.05) is 18.2 Å². The van der Waals surface area contributed by atoms with Crippen molar-refractivity contribution in [1.29, 1.82) is 0 Å². The molecule has 0 fully saturated rings. The van der Waals surface area contributed by atoms with Gasteiger partial charge in [0.05, 0.1) is 38.0 Å². The second-order valence-electron chi connectivity index (χ2n) is 10.5. The largest absolute Gasteiger partial charge is 0.463 e. The summed E-state index contributed by atoms with van der Waals surface area (Å²) in [5.41, 5.74) is 2.35. The van der Waals surface area contributed by atoms with Gasteiger partial charge in [-0.15, -0.1) is 0 Å². The van der Waals surface area contributed by atoms with Gasteiger partial charge in [-0.3, -0.25) is 10.1 Å². The highest BCUT2D eigenvalue weighted by atomic mass is 16.6. The number of nitro benzene ring substituents is 1. The fourth-order valence-electron chi connectivity index (χ4n) is 5.02. The lowest BCUT2D eigenvalue weighted by molar-refractivity contribution is -0.870. The van der Waals surface area contributed by atoms with Crippen LogP contribution in [0.1, 0.15) is 44.2 Å². The molecule has 0 aliphatic carbocycles. The molecule has 0 N–H and O–H groups in total. The third-order valence-corrected chi connectivity index (χ3v) is 6.83. The molecule has 0 saturated carbocycles. The molecule has 2 aromatic carbocycles. The molecule has 4 rings (SSSR count). The Morgan fingerprint density at radius 3 is 2.53 bits per heavy atom. The van der Waals surface area contributed by atoms with E-state index >= 15 is 0 Å². The highest BCUT2D eigenvalue weighted by molar-refractivity contribution is 5.73. The van der Waals surface area contributed by atoms with Crippen LogP contribution >= 0.6 is 0 Å². The lowest BCUT2D eigenvalue weighted by atomic mass is 9.76. The fourth-order valence-corrected chi connectivity index (χ4v) is 5.02. The van der Waals surface area contributed by atoms with Crippen LogP contribution in [0.5, 0.6) is 5.75 Å². The summed E-state index contributed by atoms with van der Waals surface area (Å²) >= 11 is 0. The van der Waals surface area contributed by atoms with E-state index in [2.05, 4.69) is 70.2 Å². The van der Waals surface area contributed by atoms with Crippen molar-refractivity contribution < 1.29 is 14.1 Å². The van der Waals surface area contributed by atoms with Gasteiger partial charge in [0.1, 0.15) is 5.75 Å². The minimum atomic E-state index is -0.667. The third-order valence-electron chi connectivity index (χ3n) is 6.83. The maximum atomic E-state index is 11.2. The van der Waals surface area contributed by atoms with Crippen LogP contribution in [-0.2, 0) is 5.41 Å². The van der Waals surface area contributed by atoms with Crippen molar-refractivity contribution in [3.8, 4) is 5.75 Å². The van der Waals surface area contributed by atoms with Gasteiger partial charge in [0.25, 0.3) is 5.69 Å². The molecule has 0 bridgehead atoms. The molecule has 1 unspecified atom stereocenters. The molecule has 2 heterocycles. The lowest BCUT2D eigenvalue weighted by Crippen LogP contribution is -2.59. The SMILES string of the molecule is CC1(C)c2ccccc2N(CCCCC[N+](C)(C)C)C12C=Cc1cc([N+](=O)[O-])ccc1O2. The van der Waals surface area contributed by atoms with Crippen LogP contribution in [-0.4, -0.2) is 49.4 Å². The summed E-state index contributed by atoms with van der Waals surface area (Å²) in [4.78, 5) is 13.2. The number of nitrogens with zero attached hydrogens (tertiary/aromatic N) is 3. The Kier molecular flexibility index (Phi) is 5.53. The molecule has 170 valence electrons. The highest BCUT2D eigenvalue weighted by Gasteiger charge is 2.58. The average molecular weight is 437 g/mol. The minimum Gasteiger partial charge on any atom is -0.463 e. The van der Waals surface area contributed by atoms with Gasteiger partial charge in [0.2, 0.25) is 5.72 Å². The van der Waals surface area contributed by atoms with Crippen LogP contribution in [0.3, 0.4) is 0 Å². The normalized spacial score (nSPS) is 20.7. The van der Waals surface area contributed by atoms with Gasteiger partial charge in [0.15, 0.2) is 0 Å². The molecule has 1 atom stereocenters. The molecule has 2 aliphatic rings. The number of unbranched alkanes of at least 4 members (excludes halogenated alkanes) is 2. The molecule has 0 amide bonds. The van der Waals surface area contributed by atoms with Gasteiger partial charge in [-0.05, 0) is 63.0 Å². The van der Waals surface area contributed by atoms with Crippen LogP contribution in [0.4, 0.5) is 11.4 Å². The Balaban J connectivity index is 1.65. The van der Waals surface area contributed by atoms with Crippen molar-refractivity contribution in [1.82, 2.24) is 0 Å². The monoisotopic (exact) mass is 436 g/mol. The van der Waals surface area contributed by atoms with Gasteiger partial charge in [0, 0.05) is 29.9 Å². The smallest absolute Gasteiger partial charge is 0.270 e. The second kappa shape index (κ2) is 7.93. The Hall–Kier alpha value is -2.86. The van der Waals surface area contributed by atoms with E-state index in [0.717, 1.165) is 36.0 Å². The van der Waals surface area contributed by atoms with E-state index in [1.165, 1.54) is 23.7 Å². The van der Waals surface area contributed by atoms with Crippen LogP contribution in [0.2, 0.25) is 0 Å². The Morgan fingerprint density at radius 2 is 1.81 bits per heavy atom. The van der Waals surface area contributed by atoms with E-state index < -0.39 is 5.72 Å². The number of quaternary nitrogens is 1. The number of nitro groups is 1. The summed E-state index contributed by atoms with van der Waals surface area (Å²) in [7, 11) is 6.70. The van der Waals surface area contributed by atoms with Gasteiger partial charge < -0.3 is 14.1 Å². The standard InChI is InChI=1S/C26H34N3O3/c1-25(2)22-11-7-8-12-23(22)27(17-9-6-10-18-29(3,4)5)26(25)16-15-20-19-21(28(30)31)13-14-24(20)32-26/h7-8,11-16,19H,6,9-10,17-18H2,1-5H3/q+1. The third kappa shape index (κ3) is 3.77. The Labute approximate surface area is 190 Å². The first kappa shape index (κ1) is 22.3. The van der Waals surface area contributed by atoms with E-state index in [0.29, 0.717) is 5.75 Å². The minimum absolute atomic E-state index is 0.0797. The number of para-hydroxylation sites is 1. The van der Waals surface area contributed by atoms with E-state index in [4.69, 9.17) is 4.74 Å². The molecule has 2 aliphatic heterocycles. The first-order chi connectivity index (χ1) is 15.1. The molecule has 2 aromatic rings. The quantitative estimate of drug-likeness (QED) is 0.253. The number of hydrogen-bond donors (Lipinski definition) is 0. The molecule has 1 spiro atoms. The molecule has 0 radical (unpaired) electrons. The Bertz CT molecular complexity index is 1050. The van der Waals surface area contributed by atoms with E-state index in [-0.39, 0.29) is 16.0 Å². The predicted molar refractivity (Wildman–Crippen MR) is 129 cm³/mol. The van der Waals surface area contributed by atoms with Crippen molar-refractivity contribution in [2.24, 2.45) is 0 Å². The zero-order valence-electron chi connectivity index (χ0n) is 19.8. The van der Waals surface area contributed by atoms with E-state index in [9.17, 15) is 10.1 Å². The van der Waals surface area contributed by atoms with Crippen LogP contribution < -0.4 is 9.64 Å². The van der Waals surface area contributed by atoms with E-state index in [1.807, 2.05) is 6.08 Å². The molecular weight excluding hydrogens is 402 g/mol. The number of fused-ring (bicyclic) bond motifs is 2. The van der Waals surface area contributed by atoms with Gasteiger partial charge >= 0.3 is 0 Å². The second-order valence-corrected chi connectivity index (χ2v) is 10.5. The molecule has 6 heteroatoms. The summed E-state index contributed by atoms with van der Waals surface area (Å²) in [6, 6.07) is 13.4. The highest BCUT2D eigenvalue weighted by Crippen LogP contribution is 2.55. The first-order valence-corrected chi connectivity index (χ1v) is 11.4. The zero-order chi connectivity index (χ0) is 23.1. The zero-order valence-corrected chi connectivity index (χ0v) is 19.8. The number of hydrogen-bond acceptors (Lipinski definition) is 4. The number of ether oxygens (including phenoxy) is 1. The number of non-ortho nitro benzene ring substituents is 1. The topological polar surface area (TPSA) is 55.6 Å². The maximum absolute atomic E-state index is 11.2. The van der Waals surface area contributed by atoms with Gasteiger partial charge in [-0.25, -0.2) is 0 Å².